The molecule has 110 valence electrons. The average molecular weight is 270 g/mol. The highest BCUT2D eigenvalue weighted by atomic mass is 16.5. The minimum absolute atomic E-state index is 0.0579. The van der Waals surface area contributed by atoms with Gasteiger partial charge in [-0.05, 0) is 39.2 Å². The van der Waals surface area contributed by atoms with Gasteiger partial charge in [-0.25, -0.2) is 0 Å². The molecule has 0 atom stereocenters. The molecule has 0 spiro atoms. The molecule has 5 nitrogen and oxygen atoms in total. The van der Waals surface area contributed by atoms with Gasteiger partial charge < -0.3 is 15.4 Å². The van der Waals surface area contributed by atoms with Crippen molar-refractivity contribution in [3.05, 3.63) is 12.7 Å². The van der Waals surface area contributed by atoms with E-state index in [2.05, 4.69) is 17.2 Å². The van der Waals surface area contributed by atoms with Gasteiger partial charge >= 0.3 is 0 Å². The highest BCUT2D eigenvalue weighted by Gasteiger charge is 2.01. The third-order valence-corrected chi connectivity index (χ3v) is 2.41. The van der Waals surface area contributed by atoms with Crippen LogP contribution in [0.25, 0.3) is 0 Å². The van der Waals surface area contributed by atoms with Gasteiger partial charge in [0.25, 0.3) is 0 Å². The minimum Gasteiger partial charge on any atom is -0.379 e. The van der Waals surface area contributed by atoms with Crippen molar-refractivity contribution in [2.45, 2.75) is 45.6 Å². The smallest absolute Gasteiger partial charge is 0.243 e. The van der Waals surface area contributed by atoms with Gasteiger partial charge in [0.2, 0.25) is 11.8 Å². The lowest BCUT2D eigenvalue weighted by Crippen LogP contribution is -2.26. The van der Waals surface area contributed by atoms with Crippen LogP contribution >= 0.6 is 0 Å². The molecule has 0 saturated carbocycles. The van der Waals surface area contributed by atoms with Crippen LogP contribution in [-0.2, 0) is 14.3 Å². The topological polar surface area (TPSA) is 67.4 Å². The number of carbonyl (C=O) groups is 2. The standard InChI is InChI=1S/C14H26N2O3/c1-4-13(17)15-9-5-6-10-16-14(18)8-7-11-19-12(2)3/h4,12H,1,5-11H2,2-3H3,(H,15,17)(H,16,18). The Morgan fingerprint density at radius 2 is 1.79 bits per heavy atom. The van der Waals surface area contributed by atoms with Crippen LogP contribution in [0.2, 0.25) is 0 Å². The van der Waals surface area contributed by atoms with Gasteiger partial charge in [-0.2, -0.15) is 0 Å². The van der Waals surface area contributed by atoms with Crippen molar-refractivity contribution in [3.63, 3.8) is 0 Å². The second kappa shape index (κ2) is 11.7. The molecule has 2 N–H and O–H groups in total. The lowest BCUT2D eigenvalue weighted by Gasteiger charge is -2.08. The fourth-order valence-electron chi connectivity index (χ4n) is 1.40. The molecule has 0 saturated heterocycles. The van der Waals surface area contributed by atoms with E-state index in [1.165, 1.54) is 6.08 Å². The van der Waals surface area contributed by atoms with Crippen LogP contribution in [0.3, 0.4) is 0 Å². The Hall–Kier alpha value is -1.36. The van der Waals surface area contributed by atoms with Crippen molar-refractivity contribution in [2.24, 2.45) is 0 Å². The van der Waals surface area contributed by atoms with Crippen LogP contribution < -0.4 is 10.6 Å². The summed E-state index contributed by atoms with van der Waals surface area (Å²) in [6, 6.07) is 0. The summed E-state index contributed by atoms with van der Waals surface area (Å²) < 4.78 is 5.35. The molecule has 5 heteroatoms. The summed E-state index contributed by atoms with van der Waals surface area (Å²) in [6.45, 7) is 9.21. The maximum Gasteiger partial charge on any atom is 0.243 e. The summed E-state index contributed by atoms with van der Waals surface area (Å²) in [4.78, 5) is 22.3. The number of nitrogens with one attached hydrogen (secondary N) is 2. The first-order chi connectivity index (χ1) is 9.06. The molecule has 0 fully saturated rings. The Morgan fingerprint density at radius 1 is 1.16 bits per heavy atom. The van der Waals surface area contributed by atoms with E-state index in [4.69, 9.17) is 4.74 Å². The zero-order valence-corrected chi connectivity index (χ0v) is 12.0. The zero-order chi connectivity index (χ0) is 14.5. The number of ether oxygens (including phenoxy) is 1. The molecule has 0 aromatic carbocycles. The SMILES string of the molecule is C=CC(=O)NCCCCNC(=O)CCCOC(C)C. The van der Waals surface area contributed by atoms with E-state index in [9.17, 15) is 9.59 Å². The second-order valence-corrected chi connectivity index (χ2v) is 4.58. The number of unbranched alkanes of at least 4 members (excludes halogenated alkanes) is 1. The van der Waals surface area contributed by atoms with Crippen molar-refractivity contribution in [1.29, 1.82) is 0 Å². The molecule has 0 aromatic rings. The zero-order valence-electron chi connectivity index (χ0n) is 12.0. The Labute approximate surface area is 115 Å². The number of hydrogen-bond donors (Lipinski definition) is 2. The summed E-state index contributed by atoms with van der Waals surface area (Å²) in [5.74, 6) is -0.100. The van der Waals surface area contributed by atoms with Gasteiger partial charge in [0.1, 0.15) is 0 Å². The van der Waals surface area contributed by atoms with Crippen LogP contribution in [0.4, 0.5) is 0 Å². The van der Waals surface area contributed by atoms with Crippen LogP contribution in [-0.4, -0.2) is 37.6 Å². The average Bonchev–Trinajstić information content (AvgIpc) is 2.38. The highest BCUT2D eigenvalue weighted by Crippen LogP contribution is 1.95. The lowest BCUT2D eigenvalue weighted by molar-refractivity contribution is -0.121. The lowest BCUT2D eigenvalue weighted by atomic mass is 10.2. The predicted octanol–water partition coefficient (Wildman–Crippen LogP) is 1.39. The van der Waals surface area contributed by atoms with E-state index >= 15 is 0 Å². The van der Waals surface area contributed by atoms with Gasteiger partial charge in [-0.3, -0.25) is 9.59 Å². The van der Waals surface area contributed by atoms with E-state index in [0.717, 1.165) is 19.3 Å². The summed E-state index contributed by atoms with van der Waals surface area (Å²) in [6.07, 6.45) is 4.41. The van der Waals surface area contributed by atoms with Crippen molar-refractivity contribution in [2.75, 3.05) is 19.7 Å². The Morgan fingerprint density at radius 3 is 2.37 bits per heavy atom. The van der Waals surface area contributed by atoms with Gasteiger partial charge in [0, 0.05) is 26.1 Å². The Bertz CT molecular complexity index is 278. The van der Waals surface area contributed by atoms with Crippen LogP contribution in [0.5, 0.6) is 0 Å². The van der Waals surface area contributed by atoms with Crippen molar-refractivity contribution < 1.29 is 14.3 Å². The van der Waals surface area contributed by atoms with Gasteiger partial charge in [-0.1, -0.05) is 6.58 Å². The first kappa shape index (κ1) is 17.6. The van der Waals surface area contributed by atoms with Crippen molar-refractivity contribution in [1.82, 2.24) is 10.6 Å². The monoisotopic (exact) mass is 270 g/mol. The third kappa shape index (κ3) is 12.9. The Balaban J connectivity index is 3.29. The largest absolute Gasteiger partial charge is 0.379 e. The second-order valence-electron chi connectivity index (χ2n) is 4.58. The molecular formula is C14H26N2O3. The molecule has 0 heterocycles. The summed E-state index contributed by atoms with van der Waals surface area (Å²) in [7, 11) is 0. The van der Waals surface area contributed by atoms with Crippen LogP contribution in [0.15, 0.2) is 12.7 Å². The number of rotatable bonds is 11. The fourth-order valence-corrected chi connectivity index (χ4v) is 1.40. The molecule has 0 rings (SSSR count). The number of hydrogen-bond acceptors (Lipinski definition) is 3. The summed E-state index contributed by atoms with van der Waals surface area (Å²) in [5, 5.41) is 5.53. The quantitative estimate of drug-likeness (QED) is 0.440. The van der Waals surface area contributed by atoms with E-state index in [0.29, 0.717) is 26.1 Å². The third-order valence-electron chi connectivity index (χ3n) is 2.41. The van der Waals surface area contributed by atoms with E-state index < -0.39 is 0 Å². The maximum atomic E-state index is 11.4. The van der Waals surface area contributed by atoms with E-state index in [-0.39, 0.29) is 17.9 Å². The molecule has 0 bridgehead atoms. The van der Waals surface area contributed by atoms with Crippen LogP contribution in [0.1, 0.15) is 39.5 Å². The predicted molar refractivity (Wildman–Crippen MR) is 75.8 cm³/mol. The molecule has 19 heavy (non-hydrogen) atoms. The molecular weight excluding hydrogens is 244 g/mol. The van der Waals surface area contributed by atoms with E-state index in [1.807, 2.05) is 13.8 Å². The van der Waals surface area contributed by atoms with E-state index in [1.54, 1.807) is 0 Å². The highest BCUT2D eigenvalue weighted by molar-refractivity contribution is 5.86. The fraction of sp³-hybridized carbons (Fsp3) is 0.714. The first-order valence-electron chi connectivity index (χ1n) is 6.84. The maximum absolute atomic E-state index is 11.4. The molecule has 2 amide bonds. The van der Waals surface area contributed by atoms with Crippen molar-refractivity contribution in [3.8, 4) is 0 Å². The van der Waals surface area contributed by atoms with Gasteiger partial charge in [-0.15, -0.1) is 0 Å². The molecule has 0 aliphatic heterocycles. The molecule has 0 aliphatic carbocycles. The van der Waals surface area contributed by atoms with Gasteiger partial charge in [0.15, 0.2) is 0 Å². The normalized spacial score (nSPS) is 10.3. The van der Waals surface area contributed by atoms with Crippen LogP contribution in [0, 0.1) is 0 Å². The van der Waals surface area contributed by atoms with Gasteiger partial charge in [0.05, 0.1) is 6.10 Å². The first-order valence-corrected chi connectivity index (χ1v) is 6.84. The molecule has 0 radical (unpaired) electrons. The molecule has 0 aromatic heterocycles. The summed E-state index contributed by atoms with van der Waals surface area (Å²) >= 11 is 0. The molecule has 0 aliphatic rings. The van der Waals surface area contributed by atoms with Crippen molar-refractivity contribution >= 4 is 11.8 Å². The molecule has 0 unspecified atom stereocenters. The number of carbonyl (C=O) groups excluding carboxylic acids is 2. The Kier molecular flexibility index (Phi) is 10.9. The minimum atomic E-state index is -0.158. The number of amides is 2. The summed E-state index contributed by atoms with van der Waals surface area (Å²) in [5.41, 5.74) is 0.